The number of benzene rings is 2. The normalized spacial score (nSPS) is 14.9. The van der Waals surface area contributed by atoms with Crippen LogP contribution in [-0.2, 0) is 9.53 Å². The summed E-state index contributed by atoms with van der Waals surface area (Å²) in [6, 6.07) is 15.3. The zero-order valence-corrected chi connectivity index (χ0v) is 20.3. The number of amides is 2. The number of carbonyl (C=O) groups is 2. The molecule has 0 aromatic heterocycles. The smallest absolute Gasteiger partial charge is 0.251 e. The number of ether oxygens (including phenoxy) is 1. The number of hydrogen-bond donors (Lipinski definition) is 1. The highest BCUT2D eigenvalue weighted by Crippen LogP contribution is 2.31. The van der Waals surface area contributed by atoms with E-state index in [1.807, 2.05) is 54.7 Å². The van der Waals surface area contributed by atoms with Crippen LogP contribution in [0.25, 0.3) is 11.1 Å². The molecule has 0 aliphatic carbocycles. The minimum atomic E-state index is -0.417. The molecule has 0 bridgehead atoms. The van der Waals surface area contributed by atoms with E-state index in [2.05, 4.69) is 24.1 Å². The number of nitriles is 1. The van der Waals surface area contributed by atoms with Crippen LogP contribution in [0.2, 0.25) is 0 Å². The van der Waals surface area contributed by atoms with Crippen LogP contribution in [0.15, 0.2) is 48.5 Å². The fourth-order valence-electron chi connectivity index (χ4n) is 4.24. The number of likely N-dealkylation sites (N-methyl/N-ethyl adjacent to an activating group) is 1. The molecule has 1 aliphatic rings. The van der Waals surface area contributed by atoms with Crippen molar-refractivity contribution in [1.29, 1.82) is 5.26 Å². The summed E-state index contributed by atoms with van der Waals surface area (Å²) in [6.07, 6.45) is 2.56. The summed E-state index contributed by atoms with van der Waals surface area (Å²) in [5.74, 6) is -0.468. The lowest BCUT2D eigenvalue weighted by Crippen LogP contribution is -2.41. The Hall–Kier alpha value is -3.21. The molecule has 0 radical (unpaired) electrons. The van der Waals surface area contributed by atoms with Gasteiger partial charge >= 0.3 is 0 Å². The number of nitrogens with zero attached hydrogens (tertiary/aromatic N) is 3. The monoisotopic (exact) mass is 462 g/mol. The van der Waals surface area contributed by atoms with Gasteiger partial charge in [-0.05, 0) is 35.1 Å². The standard InChI is InChI=1S/C27H34N4O3/c1-20(2)17-25(27(33)30(3)19-28)22-8-6-7-21(18-22)23-9-4-5-10-24(23)26(32)29-11-12-31-13-15-34-16-14-31/h4-10,18,20,25H,11-17H2,1-3H3,(H,29,32). The first-order valence-electron chi connectivity index (χ1n) is 11.9. The number of rotatable bonds is 9. The summed E-state index contributed by atoms with van der Waals surface area (Å²) in [5, 5.41) is 12.3. The van der Waals surface area contributed by atoms with Gasteiger partial charge in [0.15, 0.2) is 6.19 Å². The largest absolute Gasteiger partial charge is 0.379 e. The summed E-state index contributed by atoms with van der Waals surface area (Å²) >= 11 is 0. The second-order valence-electron chi connectivity index (χ2n) is 9.06. The van der Waals surface area contributed by atoms with Crippen molar-refractivity contribution in [2.45, 2.75) is 26.2 Å². The van der Waals surface area contributed by atoms with E-state index >= 15 is 0 Å². The molecule has 1 fully saturated rings. The third kappa shape index (κ3) is 6.66. The SMILES string of the molecule is CC(C)CC(C(=O)N(C)C#N)c1cccc(-c2ccccc2C(=O)NCCN2CCOCC2)c1. The van der Waals surface area contributed by atoms with Gasteiger partial charge < -0.3 is 10.1 Å². The molecule has 1 unspecified atom stereocenters. The van der Waals surface area contributed by atoms with E-state index < -0.39 is 5.92 Å². The second-order valence-corrected chi connectivity index (χ2v) is 9.06. The van der Waals surface area contributed by atoms with E-state index in [1.165, 1.54) is 7.05 Å². The Morgan fingerprint density at radius 3 is 2.59 bits per heavy atom. The number of morpholine rings is 1. The molecule has 1 heterocycles. The minimum Gasteiger partial charge on any atom is -0.379 e. The molecule has 1 saturated heterocycles. The van der Waals surface area contributed by atoms with Crippen LogP contribution in [0.1, 0.15) is 42.1 Å². The first kappa shape index (κ1) is 25.4. The highest BCUT2D eigenvalue weighted by molar-refractivity contribution is 6.01. The van der Waals surface area contributed by atoms with Gasteiger partial charge in [0.05, 0.1) is 19.1 Å². The molecule has 0 spiro atoms. The zero-order chi connectivity index (χ0) is 24.5. The molecular weight excluding hydrogens is 428 g/mol. The van der Waals surface area contributed by atoms with Gasteiger partial charge in [0.25, 0.3) is 5.91 Å². The van der Waals surface area contributed by atoms with Crippen LogP contribution in [-0.4, -0.2) is 68.1 Å². The Morgan fingerprint density at radius 1 is 1.15 bits per heavy atom. The van der Waals surface area contributed by atoms with Gasteiger partial charge in [-0.15, -0.1) is 0 Å². The van der Waals surface area contributed by atoms with Crippen LogP contribution < -0.4 is 5.32 Å². The molecule has 2 aromatic carbocycles. The lowest BCUT2D eigenvalue weighted by atomic mass is 9.87. The Balaban J connectivity index is 1.81. The van der Waals surface area contributed by atoms with Gasteiger partial charge in [-0.1, -0.05) is 56.3 Å². The summed E-state index contributed by atoms with van der Waals surface area (Å²) < 4.78 is 5.37. The molecule has 2 aromatic rings. The predicted octanol–water partition coefficient (Wildman–Crippen LogP) is 3.48. The third-order valence-corrected chi connectivity index (χ3v) is 6.07. The molecule has 7 heteroatoms. The van der Waals surface area contributed by atoms with Crippen molar-refractivity contribution >= 4 is 11.8 Å². The Morgan fingerprint density at radius 2 is 1.88 bits per heavy atom. The van der Waals surface area contributed by atoms with E-state index in [1.54, 1.807) is 0 Å². The van der Waals surface area contributed by atoms with Crippen LogP contribution >= 0.6 is 0 Å². The maximum atomic E-state index is 13.0. The van der Waals surface area contributed by atoms with Gasteiger partial charge in [0.1, 0.15) is 0 Å². The van der Waals surface area contributed by atoms with E-state index in [-0.39, 0.29) is 17.7 Å². The van der Waals surface area contributed by atoms with Gasteiger partial charge in [-0.3, -0.25) is 19.4 Å². The van der Waals surface area contributed by atoms with Crippen molar-refractivity contribution in [1.82, 2.24) is 15.1 Å². The van der Waals surface area contributed by atoms with Crippen molar-refractivity contribution in [2.24, 2.45) is 5.92 Å². The van der Waals surface area contributed by atoms with E-state index in [4.69, 9.17) is 4.74 Å². The van der Waals surface area contributed by atoms with Gasteiger partial charge in [0, 0.05) is 38.8 Å². The van der Waals surface area contributed by atoms with Crippen LogP contribution in [0.3, 0.4) is 0 Å². The van der Waals surface area contributed by atoms with Crippen LogP contribution in [0, 0.1) is 17.4 Å². The van der Waals surface area contributed by atoms with E-state index in [0.29, 0.717) is 18.5 Å². The quantitative estimate of drug-likeness (QED) is 0.455. The Labute approximate surface area is 202 Å². The molecule has 1 atom stereocenters. The van der Waals surface area contributed by atoms with Crippen molar-refractivity contribution in [3.63, 3.8) is 0 Å². The minimum absolute atomic E-state index is 0.117. The molecular formula is C27H34N4O3. The maximum absolute atomic E-state index is 13.0. The molecule has 34 heavy (non-hydrogen) atoms. The van der Waals surface area contributed by atoms with Gasteiger partial charge in [-0.25, -0.2) is 0 Å². The number of carbonyl (C=O) groups excluding carboxylic acids is 2. The second kappa shape index (κ2) is 12.3. The maximum Gasteiger partial charge on any atom is 0.251 e. The fourth-order valence-corrected chi connectivity index (χ4v) is 4.24. The molecule has 0 saturated carbocycles. The average Bonchev–Trinajstić information content (AvgIpc) is 2.87. The highest BCUT2D eigenvalue weighted by atomic mass is 16.5. The van der Waals surface area contributed by atoms with E-state index in [9.17, 15) is 14.9 Å². The summed E-state index contributed by atoms with van der Waals surface area (Å²) in [7, 11) is 1.50. The van der Waals surface area contributed by atoms with Crippen molar-refractivity contribution < 1.29 is 14.3 Å². The molecule has 1 aliphatic heterocycles. The molecule has 3 rings (SSSR count). The van der Waals surface area contributed by atoms with Gasteiger partial charge in [0.2, 0.25) is 5.91 Å². The lowest BCUT2D eigenvalue weighted by molar-refractivity contribution is -0.129. The predicted molar refractivity (Wildman–Crippen MR) is 132 cm³/mol. The topological polar surface area (TPSA) is 85.7 Å². The summed E-state index contributed by atoms with van der Waals surface area (Å²) in [5.41, 5.74) is 3.14. The van der Waals surface area contributed by atoms with E-state index in [0.717, 1.165) is 54.4 Å². The zero-order valence-electron chi connectivity index (χ0n) is 20.3. The third-order valence-electron chi connectivity index (χ3n) is 6.07. The first-order valence-corrected chi connectivity index (χ1v) is 11.9. The van der Waals surface area contributed by atoms with Crippen LogP contribution in [0.4, 0.5) is 0 Å². The average molecular weight is 463 g/mol. The fraction of sp³-hybridized carbons (Fsp3) is 0.444. The molecule has 1 N–H and O–H groups in total. The molecule has 180 valence electrons. The molecule has 2 amide bonds. The summed E-state index contributed by atoms with van der Waals surface area (Å²) in [6.45, 7) is 8.72. The first-order chi connectivity index (χ1) is 16.4. The number of nitrogens with one attached hydrogen (secondary N) is 1. The lowest BCUT2D eigenvalue weighted by Gasteiger charge is -2.26. The van der Waals surface area contributed by atoms with Crippen molar-refractivity contribution in [3.8, 4) is 17.3 Å². The van der Waals surface area contributed by atoms with Crippen molar-refractivity contribution in [3.05, 3.63) is 59.7 Å². The van der Waals surface area contributed by atoms with Crippen LogP contribution in [0.5, 0.6) is 0 Å². The highest BCUT2D eigenvalue weighted by Gasteiger charge is 2.25. The Bertz CT molecular complexity index is 1020. The van der Waals surface area contributed by atoms with Crippen molar-refractivity contribution in [2.75, 3.05) is 46.4 Å². The number of hydrogen-bond acceptors (Lipinski definition) is 5. The van der Waals surface area contributed by atoms with Gasteiger partial charge in [-0.2, -0.15) is 5.26 Å². The Kier molecular flexibility index (Phi) is 9.20. The molecule has 7 nitrogen and oxygen atoms in total. The summed E-state index contributed by atoms with van der Waals surface area (Å²) in [4.78, 5) is 29.3.